The van der Waals surface area contributed by atoms with Gasteiger partial charge in [0.15, 0.2) is 0 Å². The Morgan fingerprint density at radius 2 is 1.81 bits per heavy atom. The fourth-order valence-corrected chi connectivity index (χ4v) is 2.35. The highest BCUT2D eigenvalue weighted by Crippen LogP contribution is 2.20. The first kappa shape index (κ1) is 15.3. The third-order valence-electron chi connectivity index (χ3n) is 3.87. The Labute approximate surface area is 126 Å². The van der Waals surface area contributed by atoms with Gasteiger partial charge < -0.3 is 10.6 Å². The third-order valence-corrected chi connectivity index (χ3v) is 3.87. The summed E-state index contributed by atoms with van der Waals surface area (Å²) in [4.78, 5) is 14.2. The van der Waals surface area contributed by atoms with E-state index in [1.54, 1.807) is 11.9 Å². The molecule has 1 amide bonds. The summed E-state index contributed by atoms with van der Waals surface area (Å²) in [7, 11) is 1.80. The van der Waals surface area contributed by atoms with Crippen molar-refractivity contribution in [3.8, 4) is 0 Å². The number of amides is 1. The topological polar surface area (TPSA) is 46.3 Å². The molecule has 0 unspecified atom stereocenters. The zero-order chi connectivity index (χ0) is 15.4. The van der Waals surface area contributed by atoms with Crippen molar-refractivity contribution >= 4 is 11.6 Å². The Morgan fingerprint density at radius 1 is 1.10 bits per heavy atom. The number of aryl methyl sites for hydroxylation is 2. The molecule has 3 heteroatoms. The lowest BCUT2D eigenvalue weighted by Gasteiger charge is -2.20. The highest BCUT2D eigenvalue weighted by atomic mass is 16.2. The summed E-state index contributed by atoms with van der Waals surface area (Å²) in [6.07, 6.45) is 0.399. The molecule has 2 aromatic rings. The van der Waals surface area contributed by atoms with Crippen LogP contribution in [0.2, 0.25) is 0 Å². The fraction of sp³-hybridized carbons (Fsp3) is 0.278. The van der Waals surface area contributed by atoms with Gasteiger partial charge in [0.2, 0.25) is 5.91 Å². The first-order valence-corrected chi connectivity index (χ1v) is 7.13. The molecule has 110 valence electrons. The van der Waals surface area contributed by atoms with Crippen LogP contribution >= 0.6 is 0 Å². The van der Waals surface area contributed by atoms with Crippen LogP contribution in [0.25, 0.3) is 0 Å². The van der Waals surface area contributed by atoms with Gasteiger partial charge in [-0.1, -0.05) is 36.4 Å². The number of nitrogens with zero attached hydrogens (tertiary/aromatic N) is 1. The van der Waals surface area contributed by atoms with Crippen LogP contribution in [-0.4, -0.2) is 13.0 Å². The molecular formula is C18H22N2O. The second kappa shape index (κ2) is 6.55. The van der Waals surface area contributed by atoms with Gasteiger partial charge in [-0.2, -0.15) is 0 Å². The summed E-state index contributed by atoms with van der Waals surface area (Å²) in [5, 5.41) is 0. The molecule has 0 fully saturated rings. The average molecular weight is 282 g/mol. The Hall–Kier alpha value is -2.13. The number of likely N-dealkylation sites (N-methyl/N-ethyl adjacent to an activating group) is 1. The molecule has 0 aliphatic rings. The van der Waals surface area contributed by atoms with Gasteiger partial charge in [-0.3, -0.25) is 4.79 Å². The maximum atomic E-state index is 12.5. The van der Waals surface area contributed by atoms with Crippen LogP contribution in [0.5, 0.6) is 0 Å². The van der Waals surface area contributed by atoms with Crippen LogP contribution in [0.15, 0.2) is 42.5 Å². The molecule has 0 aromatic heterocycles. The number of carbonyl (C=O) groups is 1. The van der Waals surface area contributed by atoms with Gasteiger partial charge in [0.25, 0.3) is 0 Å². The van der Waals surface area contributed by atoms with Gasteiger partial charge in [0.1, 0.15) is 0 Å². The van der Waals surface area contributed by atoms with Crippen molar-refractivity contribution in [2.24, 2.45) is 5.73 Å². The van der Waals surface area contributed by atoms with Crippen LogP contribution in [0.3, 0.4) is 0 Å². The zero-order valence-electron chi connectivity index (χ0n) is 12.9. The van der Waals surface area contributed by atoms with Gasteiger partial charge in [-0.25, -0.2) is 0 Å². The minimum absolute atomic E-state index is 0.0687. The number of hydrogen-bond donors (Lipinski definition) is 1. The highest BCUT2D eigenvalue weighted by molar-refractivity contribution is 5.95. The maximum Gasteiger partial charge on any atom is 0.231 e. The lowest BCUT2D eigenvalue weighted by molar-refractivity contribution is -0.117. The van der Waals surface area contributed by atoms with Gasteiger partial charge in [-0.15, -0.1) is 0 Å². The summed E-state index contributed by atoms with van der Waals surface area (Å²) < 4.78 is 0. The van der Waals surface area contributed by atoms with Crippen LogP contribution in [0.1, 0.15) is 22.3 Å². The number of hydrogen-bond acceptors (Lipinski definition) is 2. The van der Waals surface area contributed by atoms with E-state index < -0.39 is 0 Å². The highest BCUT2D eigenvalue weighted by Gasteiger charge is 2.14. The second-order valence-corrected chi connectivity index (χ2v) is 5.38. The van der Waals surface area contributed by atoms with Crippen LogP contribution in [0.4, 0.5) is 5.69 Å². The van der Waals surface area contributed by atoms with E-state index in [0.29, 0.717) is 13.0 Å². The first-order valence-electron chi connectivity index (χ1n) is 7.13. The molecule has 21 heavy (non-hydrogen) atoms. The lowest BCUT2D eigenvalue weighted by Crippen LogP contribution is -2.29. The molecule has 2 aromatic carbocycles. The zero-order valence-corrected chi connectivity index (χ0v) is 12.9. The number of nitrogens with two attached hydrogens (primary N) is 1. The van der Waals surface area contributed by atoms with Crippen molar-refractivity contribution in [2.75, 3.05) is 11.9 Å². The van der Waals surface area contributed by atoms with E-state index in [2.05, 4.69) is 26.0 Å². The smallest absolute Gasteiger partial charge is 0.231 e. The molecule has 2 rings (SSSR count). The SMILES string of the molecule is Cc1ccc(CC(=O)N(C)c2ccccc2CN)cc1C. The number of benzene rings is 2. The predicted molar refractivity (Wildman–Crippen MR) is 87.4 cm³/mol. The van der Waals surface area contributed by atoms with Gasteiger partial charge >= 0.3 is 0 Å². The molecule has 0 radical (unpaired) electrons. The number of anilines is 1. The fourth-order valence-electron chi connectivity index (χ4n) is 2.35. The Kier molecular flexibility index (Phi) is 4.76. The molecule has 0 aliphatic heterocycles. The summed E-state index contributed by atoms with van der Waals surface area (Å²) in [5.74, 6) is 0.0687. The first-order chi connectivity index (χ1) is 10.0. The molecule has 3 nitrogen and oxygen atoms in total. The molecule has 0 bridgehead atoms. The average Bonchev–Trinajstić information content (AvgIpc) is 2.50. The van der Waals surface area contributed by atoms with E-state index in [0.717, 1.165) is 16.8 Å². The quantitative estimate of drug-likeness (QED) is 0.937. The van der Waals surface area contributed by atoms with Gasteiger partial charge in [0.05, 0.1) is 6.42 Å². The number of rotatable bonds is 4. The van der Waals surface area contributed by atoms with Crippen molar-refractivity contribution in [1.82, 2.24) is 0 Å². The molecular weight excluding hydrogens is 260 g/mol. The Morgan fingerprint density at radius 3 is 2.48 bits per heavy atom. The second-order valence-electron chi connectivity index (χ2n) is 5.38. The molecule has 0 heterocycles. The summed E-state index contributed by atoms with van der Waals surface area (Å²) >= 11 is 0. The van der Waals surface area contributed by atoms with E-state index in [1.807, 2.05) is 30.3 Å². The predicted octanol–water partition coefficient (Wildman–Crippen LogP) is 2.97. The van der Waals surface area contributed by atoms with Crippen molar-refractivity contribution in [3.05, 3.63) is 64.7 Å². The van der Waals surface area contributed by atoms with E-state index in [4.69, 9.17) is 5.73 Å². The van der Waals surface area contributed by atoms with E-state index in [1.165, 1.54) is 11.1 Å². The number of para-hydroxylation sites is 1. The standard InChI is InChI=1S/C18H22N2O/c1-13-8-9-15(10-14(13)2)11-18(21)20(3)17-7-5-4-6-16(17)12-19/h4-10H,11-12,19H2,1-3H3. The van der Waals surface area contributed by atoms with Gasteiger partial charge in [0, 0.05) is 19.3 Å². The van der Waals surface area contributed by atoms with E-state index >= 15 is 0 Å². The molecule has 0 atom stereocenters. The Bertz CT molecular complexity index is 649. The molecule has 0 saturated carbocycles. The van der Waals surface area contributed by atoms with Crippen molar-refractivity contribution in [2.45, 2.75) is 26.8 Å². The monoisotopic (exact) mass is 282 g/mol. The summed E-state index contributed by atoms with van der Waals surface area (Å²) in [5.41, 5.74) is 11.1. The third kappa shape index (κ3) is 3.50. The van der Waals surface area contributed by atoms with Crippen molar-refractivity contribution < 1.29 is 4.79 Å². The van der Waals surface area contributed by atoms with Gasteiger partial charge in [-0.05, 0) is 42.2 Å². The van der Waals surface area contributed by atoms with E-state index in [-0.39, 0.29) is 5.91 Å². The number of carbonyl (C=O) groups excluding carboxylic acids is 1. The maximum absolute atomic E-state index is 12.5. The van der Waals surface area contributed by atoms with E-state index in [9.17, 15) is 4.79 Å². The van der Waals surface area contributed by atoms with Crippen LogP contribution in [0, 0.1) is 13.8 Å². The summed E-state index contributed by atoms with van der Waals surface area (Å²) in [6, 6.07) is 13.9. The minimum Gasteiger partial charge on any atom is -0.326 e. The minimum atomic E-state index is 0.0687. The Balaban J connectivity index is 2.17. The van der Waals surface area contributed by atoms with Crippen LogP contribution in [-0.2, 0) is 17.8 Å². The summed E-state index contributed by atoms with van der Waals surface area (Å²) in [6.45, 7) is 4.57. The lowest BCUT2D eigenvalue weighted by atomic mass is 10.0. The molecule has 0 saturated heterocycles. The van der Waals surface area contributed by atoms with Crippen LogP contribution < -0.4 is 10.6 Å². The molecule has 2 N–H and O–H groups in total. The molecule has 0 aliphatic carbocycles. The normalized spacial score (nSPS) is 10.5. The van der Waals surface area contributed by atoms with Crippen molar-refractivity contribution in [3.63, 3.8) is 0 Å². The van der Waals surface area contributed by atoms with Crippen molar-refractivity contribution in [1.29, 1.82) is 0 Å². The largest absolute Gasteiger partial charge is 0.326 e. The molecule has 0 spiro atoms.